The predicted octanol–water partition coefficient (Wildman–Crippen LogP) is 4.41. The first-order valence-corrected chi connectivity index (χ1v) is 9.30. The van der Waals surface area contributed by atoms with Gasteiger partial charge in [-0.3, -0.25) is 10.3 Å². The smallest absolute Gasteiger partial charge is 0.317 e. The summed E-state index contributed by atoms with van der Waals surface area (Å²) in [6.45, 7) is 7.11. The molecule has 1 atom stereocenters. The summed E-state index contributed by atoms with van der Waals surface area (Å²) >= 11 is 1.56. The highest BCUT2D eigenvalue weighted by Crippen LogP contribution is 2.33. The van der Waals surface area contributed by atoms with E-state index in [2.05, 4.69) is 29.1 Å². The first kappa shape index (κ1) is 16.9. The molecule has 0 bridgehead atoms. The van der Waals surface area contributed by atoms with E-state index in [4.69, 9.17) is 0 Å². The van der Waals surface area contributed by atoms with Crippen LogP contribution in [0.15, 0.2) is 24.5 Å². The Kier molecular flexibility index (Phi) is 5.14. The highest BCUT2D eigenvalue weighted by atomic mass is 32.1. The number of anilines is 1. The van der Waals surface area contributed by atoms with Gasteiger partial charge in [0.1, 0.15) is 5.00 Å². The van der Waals surface area contributed by atoms with Crippen molar-refractivity contribution in [2.45, 2.75) is 46.1 Å². The Morgan fingerprint density at radius 1 is 1.42 bits per heavy atom. The summed E-state index contributed by atoms with van der Waals surface area (Å²) in [6.07, 6.45) is 6.49. The topological polar surface area (TPSA) is 58.1 Å². The van der Waals surface area contributed by atoms with Gasteiger partial charge in [-0.1, -0.05) is 13.8 Å². The zero-order valence-corrected chi connectivity index (χ0v) is 15.3. The van der Waals surface area contributed by atoms with Crippen molar-refractivity contribution in [3.05, 3.63) is 40.8 Å². The number of urea groups is 1. The summed E-state index contributed by atoms with van der Waals surface area (Å²) in [5.74, 6) is 0.513. The van der Waals surface area contributed by atoms with Gasteiger partial charge >= 0.3 is 6.03 Å². The molecule has 0 aromatic carbocycles. The average molecular weight is 344 g/mol. The summed E-state index contributed by atoms with van der Waals surface area (Å²) in [6, 6.07) is 4.10. The first-order valence-electron chi connectivity index (χ1n) is 8.48. The Balaban J connectivity index is 1.75. The van der Waals surface area contributed by atoms with E-state index in [0.717, 1.165) is 47.1 Å². The lowest BCUT2D eigenvalue weighted by Gasteiger charge is -2.25. The first-order chi connectivity index (χ1) is 11.5. The predicted molar refractivity (Wildman–Crippen MR) is 97.3 cm³/mol. The van der Waals surface area contributed by atoms with Crippen LogP contribution in [-0.4, -0.2) is 27.4 Å². The number of nitrogens with one attached hydrogen (secondary N) is 1. The molecule has 5 nitrogen and oxygen atoms in total. The molecule has 1 N–H and O–H groups in total. The van der Waals surface area contributed by atoms with E-state index in [1.54, 1.807) is 23.7 Å². The maximum atomic E-state index is 12.8. The Labute approximate surface area is 147 Å². The lowest BCUT2D eigenvalue weighted by molar-refractivity contribution is 0.207. The standard InChI is InChI=1S/C18H24N4OS/c1-12(2)11-15-17(24-13(3)20-15)21-18(23)22-10-4-5-16(22)14-6-8-19-9-7-14/h6-9,12,16H,4-5,10-11H2,1-3H3,(H,21,23). The molecule has 2 aromatic heterocycles. The van der Waals surface area contributed by atoms with Crippen molar-refractivity contribution in [1.29, 1.82) is 0 Å². The zero-order chi connectivity index (χ0) is 17.1. The van der Waals surface area contributed by atoms with Crippen LogP contribution in [0.3, 0.4) is 0 Å². The molecule has 1 saturated heterocycles. The number of nitrogens with zero attached hydrogens (tertiary/aromatic N) is 3. The maximum Gasteiger partial charge on any atom is 0.323 e. The minimum absolute atomic E-state index is 0.0250. The third-order valence-corrected chi connectivity index (χ3v) is 5.16. The molecular weight excluding hydrogens is 320 g/mol. The maximum absolute atomic E-state index is 12.8. The summed E-state index contributed by atoms with van der Waals surface area (Å²) < 4.78 is 0. The highest BCUT2D eigenvalue weighted by Gasteiger charge is 2.30. The van der Waals surface area contributed by atoms with Crippen molar-refractivity contribution in [3.63, 3.8) is 0 Å². The molecule has 3 heterocycles. The number of carbonyl (C=O) groups excluding carboxylic acids is 1. The van der Waals surface area contributed by atoms with E-state index in [1.165, 1.54) is 0 Å². The number of aromatic nitrogens is 2. The third-order valence-electron chi connectivity index (χ3n) is 4.23. The molecule has 0 saturated carbocycles. The molecule has 0 radical (unpaired) electrons. The fourth-order valence-corrected chi connectivity index (χ4v) is 4.04. The van der Waals surface area contributed by atoms with Crippen molar-refractivity contribution >= 4 is 22.4 Å². The molecule has 1 aliphatic heterocycles. The summed E-state index contributed by atoms with van der Waals surface area (Å²) in [4.78, 5) is 23.4. The number of rotatable bonds is 4. The molecule has 0 spiro atoms. The molecule has 1 fully saturated rings. The zero-order valence-electron chi connectivity index (χ0n) is 14.5. The van der Waals surface area contributed by atoms with Crippen LogP contribution < -0.4 is 5.32 Å². The van der Waals surface area contributed by atoms with Crippen LogP contribution in [-0.2, 0) is 6.42 Å². The van der Waals surface area contributed by atoms with E-state index in [0.29, 0.717) is 5.92 Å². The number of hydrogen-bond donors (Lipinski definition) is 1. The van der Waals surface area contributed by atoms with E-state index < -0.39 is 0 Å². The van der Waals surface area contributed by atoms with E-state index >= 15 is 0 Å². The Hall–Kier alpha value is -1.95. The van der Waals surface area contributed by atoms with Crippen LogP contribution in [0, 0.1) is 12.8 Å². The lowest BCUT2D eigenvalue weighted by Crippen LogP contribution is -2.34. The van der Waals surface area contributed by atoms with E-state index in [9.17, 15) is 4.79 Å². The molecule has 1 aliphatic rings. The van der Waals surface area contributed by atoms with Gasteiger partial charge in [0, 0.05) is 18.9 Å². The quantitative estimate of drug-likeness (QED) is 0.893. The van der Waals surface area contributed by atoms with Gasteiger partial charge in [-0.05, 0) is 49.8 Å². The molecule has 3 rings (SSSR count). The largest absolute Gasteiger partial charge is 0.323 e. The van der Waals surface area contributed by atoms with Crippen LogP contribution in [0.5, 0.6) is 0 Å². The molecule has 128 valence electrons. The molecular formula is C18H24N4OS. The van der Waals surface area contributed by atoms with Crippen LogP contribution in [0.2, 0.25) is 0 Å². The number of likely N-dealkylation sites (tertiary alicyclic amines) is 1. The minimum Gasteiger partial charge on any atom is -0.317 e. The normalized spacial score (nSPS) is 17.5. The molecule has 6 heteroatoms. The molecule has 2 aromatic rings. The number of amides is 2. The van der Waals surface area contributed by atoms with E-state index in [-0.39, 0.29) is 12.1 Å². The van der Waals surface area contributed by atoms with Crippen molar-refractivity contribution in [2.75, 3.05) is 11.9 Å². The average Bonchev–Trinajstić information content (AvgIpc) is 3.15. The van der Waals surface area contributed by atoms with Crippen molar-refractivity contribution < 1.29 is 4.79 Å². The highest BCUT2D eigenvalue weighted by molar-refractivity contribution is 7.16. The van der Waals surface area contributed by atoms with Gasteiger partial charge in [-0.25, -0.2) is 9.78 Å². The fourth-order valence-electron chi connectivity index (χ4n) is 3.20. The van der Waals surface area contributed by atoms with Gasteiger partial charge in [0.15, 0.2) is 0 Å². The van der Waals surface area contributed by atoms with Crippen molar-refractivity contribution in [1.82, 2.24) is 14.9 Å². The van der Waals surface area contributed by atoms with Gasteiger partial charge in [0.2, 0.25) is 0 Å². The minimum atomic E-state index is -0.0250. The summed E-state index contributed by atoms with van der Waals surface area (Å²) in [5.41, 5.74) is 2.15. The summed E-state index contributed by atoms with van der Waals surface area (Å²) in [7, 11) is 0. The monoisotopic (exact) mass is 344 g/mol. The number of hydrogen-bond acceptors (Lipinski definition) is 4. The number of pyridine rings is 1. The van der Waals surface area contributed by atoms with E-state index in [1.807, 2.05) is 24.0 Å². The van der Waals surface area contributed by atoms with Crippen LogP contribution in [0.1, 0.15) is 49.0 Å². The Morgan fingerprint density at radius 3 is 2.88 bits per heavy atom. The van der Waals surface area contributed by atoms with Gasteiger partial charge in [0.25, 0.3) is 0 Å². The molecule has 1 unspecified atom stereocenters. The molecule has 24 heavy (non-hydrogen) atoms. The number of carbonyl (C=O) groups is 1. The van der Waals surface area contributed by atoms with Gasteiger partial charge in [-0.2, -0.15) is 0 Å². The fraction of sp³-hybridized carbons (Fsp3) is 0.500. The lowest BCUT2D eigenvalue weighted by atomic mass is 10.1. The van der Waals surface area contributed by atoms with Gasteiger partial charge < -0.3 is 4.90 Å². The molecule has 0 aliphatic carbocycles. The van der Waals surface area contributed by atoms with Crippen LogP contribution in [0.4, 0.5) is 9.80 Å². The third kappa shape index (κ3) is 3.75. The second-order valence-electron chi connectivity index (χ2n) is 6.67. The second kappa shape index (κ2) is 7.30. The van der Waals surface area contributed by atoms with Crippen LogP contribution in [0.25, 0.3) is 0 Å². The molecule has 2 amide bonds. The van der Waals surface area contributed by atoms with Gasteiger partial charge in [0.05, 0.1) is 16.7 Å². The Morgan fingerprint density at radius 2 is 2.17 bits per heavy atom. The summed E-state index contributed by atoms with van der Waals surface area (Å²) in [5, 5.41) is 4.99. The number of thiazole rings is 1. The number of aryl methyl sites for hydroxylation is 1. The van der Waals surface area contributed by atoms with Crippen molar-refractivity contribution in [2.24, 2.45) is 5.92 Å². The van der Waals surface area contributed by atoms with Crippen LogP contribution >= 0.6 is 11.3 Å². The van der Waals surface area contributed by atoms with Crippen molar-refractivity contribution in [3.8, 4) is 0 Å². The second-order valence-corrected chi connectivity index (χ2v) is 7.87. The Bertz CT molecular complexity index is 698. The SMILES string of the molecule is Cc1nc(CC(C)C)c(NC(=O)N2CCCC2c2ccncc2)s1. The van der Waals surface area contributed by atoms with Gasteiger partial charge in [-0.15, -0.1) is 11.3 Å².